The van der Waals surface area contributed by atoms with E-state index in [-0.39, 0.29) is 0 Å². The highest BCUT2D eigenvalue weighted by atomic mass is 32.1. The normalized spacial score (nSPS) is 13.3. The molecule has 1 N–H and O–H groups in total. The van der Waals surface area contributed by atoms with Crippen molar-refractivity contribution >= 4 is 11.5 Å². The first-order valence-electron chi connectivity index (χ1n) is 6.17. The van der Waals surface area contributed by atoms with Crippen LogP contribution in [0.15, 0.2) is 0 Å². The van der Waals surface area contributed by atoms with Gasteiger partial charge >= 0.3 is 0 Å². The molecular weight excluding hydrogens is 218 g/mol. The molecule has 0 saturated carbocycles. The largest absolute Gasteiger partial charge is 0.309 e. The van der Waals surface area contributed by atoms with Gasteiger partial charge in [0.15, 0.2) is 0 Å². The first kappa shape index (κ1) is 13.6. The molecule has 1 rings (SSSR count). The van der Waals surface area contributed by atoms with Crippen LogP contribution in [-0.2, 0) is 0 Å². The maximum absolute atomic E-state index is 4.09. The van der Waals surface area contributed by atoms with Gasteiger partial charge in [0, 0.05) is 6.04 Å². The van der Waals surface area contributed by atoms with Gasteiger partial charge < -0.3 is 5.32 Å². The second kappa shape index (κ2) is 6.97. The van der Waals surface area contributed by atoms with E-state index in [4.69, 9.17) is 0 Å². The zero-order valence-corrected chi connectivity index (χ0v) is 11.6. The Hall–Kier alpha value is -0.480. The molecule has 0 spiro atoms. The van der Waals surface area contributed by atoms with Gasteiger partial charge in [-0.05, 0) is 37.3 Å². The quantitative estimate of drug-likeness (QED) is 0.795. The molecule has 4 heteroatoms. The van der Waals surface area contributed by atoms with Gasteiger partial charge in [-0.2, -0.15) is 0 Å². The molecule has 1 aromatic rings. The molecule has 1 aromatic heterocycles. The predicted octanol–water partition coefficient (Wildman–Crippen LogP) is 3.32. The monoisotopic (exact) mass is 241 g/mol. The lowest BCUT2D eigenvalue weighted by atomic mass is 10.0. The summed E-state index contributed by atoms with van der Waals surface area (Å²) in [4.78, 5) is 1.31. The average Bonchev–Trinajstić information content (AvgIpc) is 2.63. The van der Waals surface area contributed by atoms with Crippen molar-refractivity contribution in [1.82, 2.24) is 14.9 Å². The molecule has 0 radical (unpaired) electrons. The molecule has 1 unspecified atom stereocenters. The van der Waals surface area contributed by atoms with Crippen molar-refractivity contribution in [3.63, 3.8) is 0 Å². The Morgan fingerprint density at radius 1 is 1.31 bits per heavy atom. The number of hydrogen-bond acceptors (Lipinski definition) is 4. The fourth-order valence-corrected chi connectivity index (χ4v) is 2.61. The van der Waals surface area contributed by atoms with E-state index in [9.17, 15) is 0 Å². The summed E-state index contributed by atoms with van der Waals surface area (Å²) < 4.78 is 4.02. The second-order valence-electron chi connectivity index (χ2n) is 4.66. The molecule has 0 aliphatic heterocycles. The van der Waals surface area contributed by atoms with Crippen molar-refractivity contribution in [3.05, 3.63) is 10.6 Å². The number of hydrogen-bond donors (Lipinski definition) is 1. The first-order chi connectivity index (χ1) is 7.65. The Morgan fingerprint density at radius 3 is 2.56 bits per heavy atom. The molecule has 0 aliphatic carbocycles. The Labute approximate surface area is 103 Å². The third-order valence-corrected chi connectivity index (χ3v) is 3.67. The van der Waals surface area contributed by atoms with Crippen molar-refractivity contribution in [2.24, 2.45) is 5.92 Å². The molecule has 0 aliphatic rings. The van der Waals surface area contributed by atoms with Crippen molar-refractivity contribution < 1.29 is 0 Å². The molecule has 3 nitrogen and oxygen atoms in total. The van der Waals surface area contributed by atoms with Gasteiger partial charge in [0.05, 0.1) is 10.6 Å². The smallest absolute Gasteiger partial charge is 0.0772 e. The molecule has 92 valence electrons. The summed E-state index contributed by atoms with van der Waals surface area (Å²) in [5.41, 5.74) is 1.08. The van der Waals surface area contributed by atoms with Crippen LogP contribution in [0.4, 0.5) is 0 Å². The fourth-order valence-electron chi connectivity index (χ4n) is 1.86. The minimum Gasteiger partial charge on any atom is -0.309 e. The Bertz CT molecular complexity index is 296. The Morgan fingerprint density at radius 2 is 2.06 bits per heavy atom. The van der Waals surface area contributed by atoms with E-state index in [0.717, 1.165) is 18.2 Å². The van der Waals surface area contributed by atoms with Gasteiger partial charge in [0.25, 0.3) is 0 Å². The highest BCUT2D eigenvalue weighted by Crippen LogP contribution is 2.25. The van der Waals surface area contributed by atoms with E-state index in [1.807, 2.05) is 6.92 Å². The Balaban J connectivity index is 2.51. The highest BCUT2D eigenvalue weighted by molar-refractivity contribution is 7.05. The SMILES string of the molecule is CCNC(CCCC(C)C)c1snnc1C. The van der Waals surface area contributed by atoms with E-state index < -0.39 is 0 Å². The topological polar surface area (TPSA) is 37.8 Å². The van der Waals surface area contributed by atoms with Gasteiger partial charge in [-0.15, -0.1) is 5.10 Å². The zero-order chi connectivity index (χ0) is 12.0. The summed E-state index contributed by atoms with van der Waals surface area (Å²) in [5.74, 6) is 0.794. The van der Waals surface area contributed by atoms with E-state index in [1.165, 1.54) is 35.7 Å². The molecule has 0 aromatic carbocycles. The van der Waals surface area contributed by atoms with Crippen molar-refractivity contribution in [2.45, 2.75) is 53.0 Å². The Kier molecular flexibility index (Phi) is 5.91. The number of nitrogens with one attached hydrogen (secondary N) is 1. The lowest BCUT2D eigenvalue weighted by molar-refractivity contribution is 0.458. The molecule has 16 heavy (non-hydrogen) atoms. The van der Waals surface area contributed by atoms with E-state index >= 15 is 0 Å². The zero-order valence-electron chi connectivity index (χ0n) is 10.8. The van der Waals surface area contributed by atoms with Gasteiger partial charge in [0.2, 0.25) is 0 Å². The van der Waals surface area contributed by atoms with E-state index in [0.29, 0.717) is 6.04 Å². The molecule has 0 saturated heterocycles. The van der Waals surface area contributed by atoms with Crippen molar-refractivity contribution in [2.75, 3.05) is 6.54 Å². The van der Waals surface area contributed by atoms with Crippen LogP contribution in [0.2, 0.25) is 0 Å². The first-order valence-corrected chi connectivity index (χ1v) is 6.94. The average molecular weight is 241 g/mol. The van der Waals surface area contributed by atoms with E-state index in [1.54, 1.807) is 0 Å². The molecule has 0 fully saturated rings. The maximum atomic E-state index is 4.09. The van der Waals surface area contributed by atoms with Crippen molar-refractivity contribution in [1.29, 1.82) is 0 Å². The van der Waals surface area contributed by atoms with Gasteiger partial charge in [-0.25, -0.2) is 0 Å². The number of nitrogens with zero attached hydrogens (tertiary/aromatic N) is 2. The minimum absolute atomic E-state index is 0.448. The summed E-state index contributed by atoms with van der Waals surface area (Å²) in [5, 5.41) is 7.62. The second-order valence-corrected chi connectivity index (χ2v) is 5.44. The predicted molar refractivity (Wildman–Crippen MR) is 69.8 cm³/mol. The van der Waals surface area contributed by atoms with Crippen LogP contribution >= 0.6 is 11.5 Å². The summed E-state index contributed by atoms with van der Waals surface area (Å²) in [6, 6.07) is 0.448. The van der Waals surface area contributed by atoms with Crippen LogP contribution in [0.1, 0.15) is 56.6 Å². The summed E-state index contributed by atoms with van der Waals surface area (Å²) in [6.45, 7) is 9.76. The summed E-state index contributed by atoms with van der Waals surface area (Å²) in [6.07, 6.45) is 3.76. The lowest BCUT2D eigenvalue weighted by Gasteiger charge is -2.16. The summed E-state index contributed by atoms with van der Waals surface area (Å²) >= 11 is 1.53. The molecular formula is C12H23N3S. The number of aryl methyl sites for hydroxylation is 1. The van der Waals surface area contributed by atoms with Crippen LogP contribution in [0.5, 0.6) is 0 Å². The van der Waals surface area contributed by atoms with Gasteiger partial charge in [0.1, 0.15) is 0 Å². The van der Waals surface area contributed by atoms with Gasteiger partial charge in [-0.1, -0.05) is 38.1 Å². The number of rotatable bonds is 7. The van der Waals surface area contributed by atoms with Crippen LogP contribution in [0, 0.1) is 12.8 Å². The van der Waals surface area contributed by atoms with Crippen molar-refractivity contribution in [3.8, 4) is 0 Å². The lowest BCUT2D eigenvalue weighted by Crippen LogP contribution is -2.20. The standard InChI is InChI=1S/C12H23N3S/c1-5-13-11(8-6-7-9(2)3)12-10(4)14-15-16-12/h9,11,13H,5-8H2,1-4H3. The third-order valence-electron chi connectivity index (χ3n) is 2.73. The minimum atomic E-state index is 0.448. The van der Waals surface area contributed by atoms with Crippen LogP contribution in [0.25, 0.3) is 0 Å². The van der Waals surface area contributed by atoms with Gasteiger partial charge in [-0.3, -0.25) is 0 Å². The molecule has 0 amide bonds. The third kappa shape index (κ3) is 4.18. The summed E-state index contributed by atoms with van der Waals surface area (Å²) in [7, 11) is 0. The molecule has 1 atom stereocenters. The highest BCUT2D eigenvalue weighted by Gasteiger charge is 2.15. The molecule has 0 bridgehead atoms. The maximum Gasteiger partial charge on any atom is 0.0772 e. The molecule has 1 heterocycles. The number of aromatic nitrogens is 2. The van der Waals surface area contributed by atoms with Crippen LogP contribution < -0.4 is 5.32 Å². The van der Waals surface area contributed by atoms with Crippen LogP contribution in [-0.4, -0.2) is 16.1 Å². The fraction of sp³-hybridized carbons (Fsp3) is 0.833. The van der Waals surface area contributed by atoms with E-state index in [2.05, 4.69) is 35.7 Å². The van der Waals surface area contributed by atoms with Crippen LogP contribution in [0.3, 0.4) is 0 Å².